The smallest absolute Gasteiger partial charge is 0.241 e. The molecule has 4 rings (SSSR count). The Bertz CT molecular complexity index is 582. The highest BCUT2D eigenvalue weighted by atomic mass is 35.5. The standard InChI is InChI=1S/C19H28N4O2.ClH/c24-19(18-16-12-20-9-6-17(16)21-22-18)23(15-8-11-25-13-15)10-7-14-4-2-1-3-5-14;/h1-5,15-18,20-22H,6-13H2;1H. The van der Waals surface area contributed by atoms with Crippen molar-refractivity contribution in [3.8, 4) is 0 Å². The molecule has 0 aliphatic carbocycles. The molecule has 6 nitrogen and oxygen atoms in total. The predicted octanol–water partition coefficient (Wildman–Crippen LogP) is 0.723. The molecule has 7 heteroatoms. The molecule has 0 spiro atoms. The van der Waals surface area contributed by atoms with Crippen LogP contribution in [0, 0.1) is 5.92 Å². The largest absolute Gasteiger partial charge is 0.379 e. The quantitative estimate of drug-likeness (QED) is 0.702. The zero-order valence-corrected chi connectivity index (χ0v) is 15.8. The molecule has 0 aromatic heterocycles. The Hall–Kier alpha value is -1.18. The molecule has 0 bridgehead atoms. The molecule has 1 amide bonds. The van der Waals surface area contributed by atoms with Crippen molar-refractivity contribution in [2.45, 2.75) is 37.4 Å². The molecule has 26 heavy (non-hydrogen) atoms. The maximum atomic E-state index is 13.3. The first-order valence-corrected chi connectivity index (χ1v) is 9.47. The van der Waals surface area contributed by atoms with Crippen molar-refractivity contribution < 1.29 is 9.53 Å². The lowest BCUT2D eigenvalue weighted by Gasteiger charge is -2.34. The average Bonchev–Trinajstić information content (AvgIpc) is 3.32. The lowest BCUT2D eigenvalue weighted by atomic mass is 9.88. The van der Waals surface area contributed by atoms with E-state index < -0.39 is 0 Å². The van der Waals surface area contributed by atoms with Gasteiger partial charge in [0.15, 0.2) is 0 Å². The van der Waals surface area contributed by atoms with Gasteiger partial charge in [-0.05, 0) is 31.4 Å². The molecule has 4 atom stereocenters. The Morgan fingerprint density at radius 2 is 2.04 bits per heavy atom. The van der Waals surface area contributed by atoms with Crippen LogP contribution in [0.15, 0.2) is 30.3 Å². The molecule has 3 saturated heterocycles. The second kappa shape index (κ2) is 9.15. The van der Waals surface area contributed by atoms with Gasteiger partial charge in [0, 0.05) is 31.7 Å². The second-order valence-electron chi connectivity index (χ2n) is 7.31. The molecule has 3 fully saturated rings. The first-order valence-electron chi connectivity index (χ1n) is 9.47. The number of ether oxygens (including phenoxy) is 1. The van der Waals surface area contributed by atoms with Crippen LogP contribution in [0.5, 0.6) is 0 Å². The van der Waals surface area contributed by atoms with Gasteiger partial charge in [-0.3, -0.25) is 10.2 Å². The van der Waals surface area contributed by atoms with Gasteiger partial charge in [0.2, 0.25) is 5.91 Å². The van der Waals surface area contributed by atoms with Crippen LogP contribution in [0.1, 0.15) is 18.4 Å². The number of nitrogens with zero attached hydrogens (tertiary/aromatic N) is 1. The number of benzene rings is 1. The number of carbonyl (C=O) groups excluding carboxylic acids is 1. The van der Waals surface area contributed by atoms with E-state index in [1.807, 2.05) is 6.07 Å². The topological polar surface area (TPSA) is 65.6 Å². The molecule has 3 aliphatic heterocycles. The van der Waals surface area contributed by atoms with Crippen molar-refractivity contribution in [3.63, 3.8) is 0 Å². The van der Waals surface area contributed by atoms with E-state index in [0.717, 1.165) is 45.5 Å². The van der Waals surface area contributed by atoms with Gasteiger partial charge in [0.05, 0.1) is 12.6 Å². The molecule has 3 aliphatic rings. The number of piperidine rings is 1. The molecule has 3 N–H and O–H groups in total. The number of rotatable bonds is 5. The van der Waals surface area contributed by atoms with Gasteiger partial charge >= 0.3 is 0 Å². The molecule has 0 radical (unpaired) electrons. The Morgan fingerprint density at radius 1 is 1.19 bits per heavy atom. The van der Waals surface area contributed by atoms with Crippen LogP contribution in [0.4, 0.5) is 0 Å². The number of hydrogen-bond donors (Lipinski definition) is 3. The van der Waals surface area contributed by atoms with Gasteiger partial charge in [0.25, 0.3) is 0 Å². The van der Waals surface area contributed by atoms with Crippen LogP contribution in [0.25, 0.3) is 0 Å². The Balaban J connectivity index is 0.00000196. The molecular weight excluding hydrogens is 352 g/mol. The SMILES string of the molecule is Cl.O=C(C1NNC2CCNCC21)N(CCc1ccccc1)C1CCOC1. The Morgan fingerprint density at radius 3 is 2.81 bits per heavy atom. The zero-order valence-electron chi connectivity index (χ0n) is 15.0. The number of amides is 1. The monoisotopic (exact) mass is 380 g/mol. The summed E-state index contributed by atoms with van der Waals surface area (Å²) in [6.07, 6.45) is 2.89. The first-order chi connectivity index (χ1) is 12.3. The summed E-state index contributed by atoms with van der Waals surface area (Å²) < 4.78 is 5.57. The fraction of sp³-hybridized carbons (Fsp3) is 0.632. The fourth-order valence-corrected chi connectivity index (χ4v) is 4.27. The van der Waals surface area contributed by atoms with Crippen molar-refractivity contribution in [3.05, 3.63) is 35.9 Å². The van der Waals surface area contributed by atoms with Gasteiger partial charge in [0.1, 0.15) is 6.04 Å². The number of nitrogens with one attached hydrogen (secondary N) is 3. The van der Waals surface area contributed by atoms with Crippen molar-refractivity contribution in [1.82, 2.24) is 21.1 Å². The lowest BCUT2D eigenvalue weighted by Crippen LogP contribution is -2.54. The summed E-state index contributed by atoms with van der Waals surface area (Å²) in [5.74, 6) is 0.540. The Kier molecular flexibility index (Phi) is 6.89. The van der Waals surface area contributed by atoms with Crippen LogP contribution in [-0.2, 0) is 16.0 Å². The Labute approximate surface area is 161 Å². The highest BCUT2D eigenvalue weighted by molar-refractivity contribution is 5.85. The molecule has 1 aromatic rings. The maximum absolute atomic E-state index is 13.3. The van der Waals surface area contributed by atoms with Crippen molar-refractivity contribution >= 4 is 18.3 Å². The number of hydrazine groups is 1. The fourth-order valence-electron chi connectivity index (χ4n) is 4.27. The van der Waals surface area contributed by atoms with Gasteiger partial charge in [-0.1, -0.05) is 30.3 Å². The van der Waals surface area contributed by atoms with Crippen molar-refractivity contribution in [1.29, 1.82) is 0 Å². The second-order valence-corrected chi connectivity index (χ2v) is 7.31. The summed E-state index contributed by atoms with van der Waals surface area (Å²) in [5.41, 5.74) is 7.89. The summed E-state index contributed by atoms with van der Waals surface area (Å²) in [5, 5.41) is 3.43. The van der Waals surface area contributed by atoms with E-state index in [1.54, 1.807) is 0 Å². The molecule has 3 heterocycles. The number of carbonyl (C=O) groups is 1. The van der Waals surface area contributed by atoms with Gasteiger partial charge < -0.3 is 15.0 Å². The van der Waals surface area contributed by atoms with Crippen LogP contribution in [-0.4, -0.2) is 61.8 Å². The number of halogens is 1. The highest BCUT2D eigenvalue weighted by Gasteiger charge is 2.44. The average molecular weight is 381 g/mol. The van der Waals surface area contributed by atoms with E-state index >= 15 is 0 Å². The third-order valence-electron chi connectivity index (χ3n) is 5.76. The van der Waals surface area contributed by atoms with E-state index in [4.69, 9.17) is 4.74 Å². The minimum atomic E-state index is -0.144. The summed E-state index contributed by atoms with van der Waals surface area (Å²) >= 11 is 0. The van der Waals surface area contributed by atoms with Crippen molar-refractivity contribution in [2.75, 3.05) is 32.8 Å². The summed E-state index contributed by atoms with van der Waals surface area (Å²) in [7, 11) is 0. The highest BCUT2D eigenvalue weighted by Crippen LogP contribution is 2.24. The molecule has 144 valence electrons. The normalized spacial score (nSPS) is 30.5. The summed E-state index contributed by atoms with van der Waals surface area (Å²) in [6, 6.07) is 10.9. The molecule has 1 aromatic carbocycles. The van der Waals surface area contributed by atoms with Gasteiger partial charge in [-0.2, -0.15) is 0 Å². The summed E-state index contributed by atoms with van der Waals surface area (Å²) in [6.45, 7) is 4.08. The first kappa shape index (κ1) is 19.6. The van der Waals surface area contributed by atoms with Crippen molar-refractivity contribution in [2.24, 2.45) is 5.92 Å². The third kappa shape index (κ3) is 4.21. The molecular formula is C19H29ClN4O2. The van der Waals surface area contributed by atoms with Crippen LogP contribution in [0.2, 0.25) is 0 Å². The maximum Gasteiger partial charge on any atom is 0.241 e. The van der Waals surface area contributed by atoms with Gasteiger partial charge in [-0.25, -0.2) is 5.43 Å². The predicted molar refractivity (Wildman–Crippen MR) is 103 cm³/mol. The third-order valence-corrected chi connectivity index (χ3v) is 5.76. The van der Waals surface area contributed by atoms with E-state index in [2.05, 4.69) is 45.3 Å². The van der Waals surface area contributed by atoms with Gasteiger partial charge in [-0.15, -0.1) is 12.4 Å². The number of hydrogen-bond acceptors (Lipinski definition) is 5. The van der Waals surface area contributed by atoms with Crippen LogP contribution in [0.3, 0.4) is 0 Å². The van der Waals surface area contributed by atoms with Crippen LogP contribution < -0.4 is 16.2 Å². The molecule has 4 unspecified atom stereocenters. The zero-order chi connectivity index (χ0) is 17.1. The van der Waals surface area contributed by atoms with E-state index in [0.29, 0.717) is 18.6 Å². The van der Waals surface area contributed by atoms with Crippen LogP contribution >= 0.6 is 12.4 Å². The minimum absolute atomic E-state index is 0. The minimum Gasteiger partial charge on any atom is -0.379 e. The van der Waals surface area contributed by atoms with E-state index in [1.165, 1.54) is 5.56 Å². The van der Waals surface area contributed by atoms with E-state index in [9.17, 15) is 4.79 Å². The summed E-state index contributed by atoms with van der Waals surface area (Å²) in [4.78, 5) is 15.4. The molecule has 0 saturated carbocycles. The van der Waals surface area contributed by atoms with E-state index in [-0.39, 0.29) is 30.4 Å². The number of fused-ring (bicyclic) bond motifs is 1. The lowest BCUT2D eigenvalue weighted by molar-refractivity contribution is -0.136.